The average Bonchev–Trinajstić information content (AvgIpc) is 2.77. The second kappa shape index (κ2) is 5.01. The molecule has 0 aromatic carbocycles. The minimum atomic E-state index is -0.782. The fourth-order valence-electron chi connectivity index (χ4n) is 3.04. The normalized spacial score (nSPS) is 32.4. The van der Waals surface area contributed by atoms with Crippen molar-refractivity contribution in [3.05, 3.63) is 0 Å². The van der Waals surface area contributed by atoms with E-state index in [1.165, 1.54) is 6.42 Å². The number of imide groups is 1. The largest absolute Gasteiger partial charge is 0.351 e. The lowest BCUT2D eigenvalue weighted by molar-refractivity contribution is -0.120. The molecule has 0 radical (unpaired) electrons. The van der Waals surface area contributed by atoms with Crippen molar-refractivity contribution in [2.45, 2.75) is 25.3 Å². The van der Waals surface area contributed by atoms with Gasteiger partial charge in [0.05, 0.1) is 0 Å². The van der Waals surface area contributed by atoms with Crippen LogP contribution in [0.25, 0.3) is 0 Å². The first kappa shape index (κ1) is 12.3. The first-order valence-electron chi connectivity index (χ1n) is 6.13. The number of hydrogen-bond donors (Lipinski definition) is 3. The minimum Gasteiger partial charge on any atom is -0.351 e. The topological polar surface area (TPSA) is 101 Å². The van der Waals surface area contributed by atoms with Crippen LogP contribution >= 0.6 is 0 Å². The summed E-state index contributed by atoms with van der Waals surface area (Å²) in [5.74, 6) is 0.984. The number of amides is 3. The van der Waals surface area contributed by atoms with E-state index in [4.69, 9.17) is 11.5 Å². The van der Waals surface area contributed by atoms with E-state index in [2.05, 4.69) is 10.2 Å². The zero-order valence-corrected chi connectivity index (χ0v) is 9.89. The molecule has 6 heteroatoms. The van der Waals surface area contributed by atoms with Crippen LogP contribution < -0.4 is 16.8 Å². The molecule has 0 spiro atoms. The summed E-state index contributed by atoms with van der Waals surface area (Å²) in [6, 6.07) is -0.459. The van der Waals surface area contributed by atoms with Gasteiger partial charge >= 0.3 is 6.03 Å². The fourth-order valence-corrected chi connectivity index (χ4v) is 3.04. The molecule has 3 unspecified atom stereocenters. The molecular formula is C11H20N4O2. The first-order chi connectivity index (χ1) is 8.06. The maximum atomic E-state index is 11.3. The average molecular weight is 240 g/mol. The zero-order chi connectivity index (χ0) is 12.4. The maximum absolute atomic E-state index is 11.3. The number of carbonyl (C=O) groups is 2. The van der Waals surface area contributed by atoms with Gasteiger partial charge in [-0.1, -0.05) is 0 Å². The SMILES string of the molecule is NC(=O)NC(=O)CCN1CC2CCC(N)C2C1. The highest BCUT2D eigenvalue weighted by atomic mass is 16.2. The van der Waals surface area contributed by atoms with Gasteiger partial charge in [0.1, 0.15) is 0 Å². The number of carbonyl (C=O) groups excluding carboxylic acids is 2. The van der Waals surface area contributed by atoms with Crippen molar-refractivity contribution in [1.29, 1.82) is 0 Å². The van der Waals surface area contributed by atoms with E-state index in [1.54, 1.807) is 0 Å². The van der Waals surface area contributed by atoms with Gasteiger partial charge in [-0.05, 0) is 24.7 Å². The molecule has 1 heterocycles. The van der Waals surface area contributed by atoms with Gasteiger partial charge in [0.2, 0.25) is 5.91 Å². The molecule has 6 nitrogen and oxygen atoms in total. The molecule has 0 aromatic rings. The summed E-state index contributed by atoms with van der Waals surface area (Å²) in [5.41, 5.74) is 10.9. The van der Waals surface area contributed by atoms with Crippen LogP contribution in [0.3, 0.4) is 0 Å². The number of nitrogens with zero attached hydrogens (tertiary/aromatic N) is 1. The summed E-state index contributed by atoms with van der Waals surface area (Å²) in [4.78, 5) is 24.0. The van der Waals surface area contributed by atoms with Crippen molar-refractivity contribution in [3.8, 4) is 0 Å². The summed E-state index contributed by atoms with van der Waals surface area (Å²) < 4.78 is 0. The van der Waals surface area contributed by atoms with E-state index in [9.17, 15) is 9.59 Å². The van der Waals surface area contributed by atoms with Gasteiger partial charge in [-0.2, -0.15) is 0 Å². The summed E-state index contributed by atoms with van der Waals surface area (Å²) in [6.07, 6.45) is 2.65. The predicted octanol–water partition coefficient (Wildman–Crippen LogP) is -0.759. The Balaban J connectivity index is 1.72. The lowest BCUT2D eigenvalue weighted by Crippen LogP contribution is -2.37. The molecule has 2 aliphatic rings. The van der Waals surface area contributed by atoms with Gasteiger partial charge in [0.15, 0.2) is 0 Å². The monoisotopic (exact) mass is 240 g/mol. The molecule has 96 valence electrons. The van der Waals surface area contributed by atoms with E-state index in [-0.39, 0.29) is 5.91 Å². The Bertz CT molecular complexity index is 321. The lowest BCUT2D eigenvalue weighted by atomic mass is 9.98. The Morgan fingerprint density at radius 2 is 2.06 bits per heavy atom. The number of primary amides is 1. The van der Waals surface area contributed by atoms with Gasteiger partial charge in [0.25, 0.3) is 0 Å². The number of likely N-dealkylation sites (tertiary alicyclic amines) is 1. The molecular weight excluding hydrogens is 220 g/mol. The van der Waals surface area contributed by atoms with Crippen LogP contribution in [0.1, 0.15) is 19.3 Å². The van der Waals surface area contributed by atoms with Gasteiger partial charge in [-0.3, -0.25) is 10.1 Å². The summed E-state index contributed by atoms with van der Waals surface area (Å²) in [7, 11) is 0. The first-order valence-corrected chi connectivity index (χ1v) is 6.13. The van der Waals surface area contributed by atoms with Crippen molar-refractivity contribution in [2.24, 2.45) is 23.3 Å². The van der Waals surface area contributed by atoms with Crippen LogP contribution in [-0.2, 0) is 4.79 Å². The van der Waals surface area contributed by atoms with Crippen LogP contribution in [0.15, 0.2) is 0 Å². The van der Waals surface area contributed by atoms with Gasteiger partial charge in [0, 0.05) is 32.1 Å². The highest BCUT2D eigenvalue weighted by Crippen LogP contribution is 2.36. The molecule has 3 atom stereocenters. The van der Waals surface area contributed by atoms with Crippen molar-refractivity contribution in [2.75, 3.05) is 19.6 Å². The Morgan fingerprint density at radius 1 is 1.29 bits per heavy atom. The van der Waals surface area contributed by atoms with E-state index >= 15 is 0 Å². The third-order valence-corrected chi connectivity index (χ3v) is 3.91. The highest BCUT2D eigenvalue weighted by Gasteiger charge is 2.40. The van der Waals surface area contributed by atoms with Crippen LogP contribution in [0, 0.1) is 11.8 Å². The minimum absolute atomic E-state index is 0.307. The third kappa shape index (κ3) is 2.95. The molecule has 17 heavy (non-hydrogen) atoms. The van der Waals surface area contributed by atoms with Gasteiger partial charge < -0.3 is 16.4 Å². The second-order valence-corrected chi connectivity index (χ2v) is 5.09. The van der Waals surface area contributed by atoms with E-state index in [1.807, 2.05) is 0 Å². The lowest BCUT2D eigenvalue weighted by Gasteiger charge is -2.17. The highest BCUT2D eigenvalue weighted by molar-refractivity contribution is 5.93. The van der Waals surface area contributed by atoms with Gasteiger partial charge in [-0.15, -0.1) is 0 Å². The molecule has 2 rings (SSSR count). The van der Waals surface area contributed by atoms with E-state index < -0.39 is 6.03 Å². The number of hydrogen-bond acceptors (Lipinski definition) is 4. The number of fused-ring (bicyclic) bond motifs is 1. The Kier molecular flexibility index (Phi) is 3.63. The fraction of sp³-hybridized carbons (Fsp3) is 0.818. The Morgan fingerprint density at radius 3 is 2.71 bits per heavy atom. The van der Waals surface area contributed by atoms with Crippen molar-refractivity contribution in [3.63, 3.8) is 0 Å². The molecule has 0 bridgehead atoms. The molecule has 1 aliphatic heterocycles. The zero-order valence-electron chi connectivity index (χ0n) is 9.89. The third-order valence-electron chi connectivity index (χ3n) is 3.91. The van der Waals surface area contributed by atoms with Crippen LogP contribution in [0.5, 0.6) is 0 Å². The van der Waals surface area contributed by atoms with E-state index in [0.717, 1.165) is 19.5 Å². The Labute approximate surface area is 101 Å². The molecule has 1 saturated carbocycles. The van der Waals surface area contributed by atoms with Crippen molar-refractivity contribution >= 4 is 11.9 Å². The van der Waals surface area contributed by atoms with Crippen molar-refractivity contribution < 1.29 is 9.59 Å². The number of nitrogens with two attached hydrogens (primary N) is 2. The Hall–Kier alpha value is -1.14. The molecule has 1 saturated heterocycles. The molecule has 1 aliphatic carbocycles. The molecule has 0 aromatic heterocycles. The summed E-state index contributed by atoms with van der Waals surface area (Å²) in [5, 5.41) is 2.07. The number of urea groups is 1. The maximum Gasteiger partial charge on any atom is 0.318 e. The molecule has 5 N–H and O–H groups in total. The standard InChI is InChI=1S/C11H20N4O2/c12-9-2-1-7-5-15(6-8(7)9)4-3-10(16)14-11(13)17/h7-9H,1-6,12H2,(H3,13,14,16,17). The summed E-state index contributed by atoms with van der Waals surface area (Å²) >= 11 is 0. The molecule has 3 amide bonds. The van der Waals surface area contributed by atoms with Gasteiger partial charge in [-0.25, -0.2) is 4.79 Å². The smallest absolute Gasteiger partial charge is 0.318 e. The van der Waals surface area contributed by atoms with Crippen LogP contribution in [-0.4, -0.2) is 42.5 Å². The number of nitrogens with one attached hydrogen (secondary N) is 1. The quantitative estimate of drug-likeness (QED) is 0.603. The van der Waals surface area contributed by atoms with E-state index in [0.29, 0.717) is 30.8 Å². The number of rotatable bonds is 3. The summed E-state index contributed by atoms with van der Waals surface area (Å²) in [6.45, 7) is 2.69. The second-order valence-electron chi connectivity index (χ2n) is 5.09. The van der Waals surface area contributed by atoms with Crippen LogP contribution in [0.2, 0.25) is 0 Å². The predicted molar refractivity (Wildman–Crippen MR) is 63.0 cm³/mol. The van der Waals surface area contributed by atoms with Crippen molar-refractivity contribution in [1.82, 2.24) is 10.2 Å². The molecule has 2 fully saturated rings. The van der Waals surface area contributed by atoms with Crippen LogP contribution in [0.4, 0.5) is 4.79 Å².